The second-order valence-electron chi connectivity index (χ2n) is 6.04. The van der Waals surface area contributed by atoms with Gasteiger partial charge in [0, 0.05) is 6.21 Å². The Bertz CT molecular complexity index is 702. The van der Waals surface area contributed by atoms with Crippen LogP contribution in [0, 0.1) is 6.92 Å². The molecule has 0 fully saturated rings. The molecule has 2 aromatic carbocycles. The molecule has 116 valence electrons. The number of hydrogen-bond acceptors (Lipinski definition) is 2. The van der Waals surface area contributed by atoms with Crippen LogP contribution in [-0.2, 0) is 11.0 Å². The van der Waals surface area contributed by atoms with Gasteiger partial charge in [0.15, 0.2) is 0 Å². The van der Waals surface area contributed by atoms with E-state index in [0.29, 0.717) is 0 Å². The van der Waals surface area contributed by atoms with E-state index in [-0.39, 0.29) is 4.75 Å². The van der Waals surface area contributed by atoms with Gasteiger partial charge in [-0.05, 0) is 57.0 Å². The van der Waals surface area contributed by atoms with Gasteiger partial charge in [0.1, 0.15) is 22.5 Å². The summed E-state index contributed by atoms with van der Waals surface area (Å²) in [5.41, 5.74) is 1.94. The van der Waals surface area contributed by atoms with E-state index in [1.807, 2.05) is 76.2 Å². The Morgan fingerprint density at radius 3 is 2.50 bits per heavy atom. The van der Waals surface area contributed by atoms with E-state index < -0.39 is 11.0 Å². The first-order valence-corrected chi connectivity index (χ1v) is 8.26. The molecule has 1 atom stereocenters. The van der Waals surface area contributed by atoms with E-state index >= 15 is 0 Å². The van der Waals surface area contributed by atoms with Gasteiger partial charge in [-0.2, -0.15) is 4.40 Å². The smallest absolute Gasteiger partial charge is 0.144 e. The quantitative estimate of drug-likeness (QED) is 0.769. The molecule has 0 aliphatic rings. The standard InChI is InChI=1S/C18H21NO2S/c1-14-8-5-6-11-17(14)21-16-10-7-9-15(12-16)13-19-22(20)18(2,3)4/h5-13H,1-4H3/t22-/m1/s1. The third-order valence-electron chi connectivity index (χ3n) is 3.00. The SMILES string of the molecule is Cc1ccccc1Oc1cccc(C=N[S@](=O)C(C)(C)C)c1. The Balaban J connectivity index is 2.16. The summed E-state index contributed by atoms with van der Waals surface area (Å²) in [7, 11) is -1.26. The molecule has 0 saturated heterocycles. The Kier molecular flexibility index (Phi) is 5.14. The summed E-state index contributed by atoms with van der Waals surface area (Å²) in [6.45, 7) is 7.71. The number of benzene rings is 2. The maximum Gasteiger partial charge on any atom is 0.144 e. The molecule has 0 spiro atoms. The van der Waals surface area contributed by atoms with Crippen LogP contribution in [0.1, 0.15) is 31.9 Å². The Hall–Kier alpha value is -1.94. The molecule has 0 aromatic heterocycles. The number of aryl methyl sites for hydroxylation is 1. The van der Waals surface area contributed by atoms with Crippen molar-refractivity contribution in [2.75, 3.05) is 0 Å². The maximum absolute atomic E-state index is 11.9. The molecule has 2 aromatic rings. The van der Waals surface area contributed by atoms with Crippen molar-refractivity contribution < 1.29 is 8.95 Å². The minimum Gasteiger partial charge on any atom is -0.457 e. The Morgan fingerprint density at radius 2 is 1.82 bits per heavy atom. The van der Waals surface area contributed by atoms with Crippen molar-refractivity contribution in [3.8, 4) is 11.5 Å². The van der Waals surface area contributed by atoms with Crippen molar-refractivity contribution in [3.05, 3.63) is 59.7 Å². The van der Waals surface area contributed by atoms with Gasteiger partial charge < -0.3 is 4.74 Å². The molecule has 0 aliphatic carbocycles. The van der Waals surface area contributed by atoms with Gasteiger partial charge in [0.2, 0.25) is 0 Å². The van der Waals surface area contributed by atoms with Crippen molar-refractivity contribution in [2.45, 2.75) is 32.4 Å². The van der Waals surface area contributed by atoms with Crippen molar-refractivity contribution in [1.29, 1.82) is 0 Å². The van der Waals surface area contributed by atoms with E-state index in [1.54, 1.807) is 6.21 Å². The first kappa shape index (κ1) is 16.4. The van der Waals surface area contributed by atoms with Crippen LogP contribution in [0.3, 0.4) is 0 Å². The summed E-state index contributed by atoms with van der Waals surface area (Å²) in [6.07, 6.45) is 1.63. The summed E-state index contributed by atoms with van der Waals surface area (Å²) in [5, 5.41) is 0. The van der Waals surface area contributed by atoms with Crippen LogP contribution in [0.2, 0.25) is 0 Å². The van der Waals surface area contributed by atoms with E-state index in [2.05, 4.69) is 4.40 Å². The van der Waals surface area contributed by atoms with E-state index in [9.17, 15) is 4.21 Å². The average Bonchev–Trinajstić information content (AvgIpc) is 2.46. The lowest BCUT2D eigenvalue weighted by molar-refractivity contribution is 0.479. The van der Waals surface area contributed by atoms with Gasteiger partial charge in [-0.15, -0.1) is 0 Å². The highest BCUT2D eigenvalue weighted by atomic mass is 32.2. The predicted octanol–water partition coefficient (Wildman–Crippen LogP) is 4.67. The molecule has 0 saturated carbocycles. The van der Waals surface area contributed by atoms with Crippen LogP contribution in [0.25, 0.3) is 0 Å². The van der Waals surface area contributed by atoms with Crippen molar-refractivity contribution in [1.82, 2.24) is 0 Å². The molecule has 4 heteroatoms. The van der Waals surface area contributed by atoms with Crippen molar-refractivity contribution in [3.63, 3.8) is 0 Å². The van der Waals surface area contributed by atoms with Crippen molar-refractivity contribution in [2.24, 2.45) is 4.40 Å². The molecule has 0 bridgehead atoms. The number of rotatable bonds is 4. The van der Waals surface area contributed by atoms with Gasteiger partial charge in [-0.3, -0.25) is 0 Å². The maximum atomic E-state index is 11.9. The van der Waals surface area contributed by atoms with E-state index in [0.717, 1.165) is 22.6 Å². The van der Waals surface area contributed by atoms with Gasteiger partial charge in [0.25, 0.3) is 0 Å². The lowest BCUT2D eigenvalue weighted by atomic mass is 10.2. The number of para-hydroxylation sites is 1. The monoisotopic (exact) mass is 315 g/mol. The largest absolute Gasteiger partial charge is 0.457 e. The lowest BCUT2D eigenvalue weighted by Gasteiger charge is -2.12. The van der Waals surface area contributed by atoms with Crippen LogP contribution >= 0.6 is 0 Å². The van der Waals surface area contributed by atoms with Crippen LogP contribution < -0.4 is 4.74 Å². The lowest BCUT2D eigenvalue weighted by Crippen LogP contribution is -2.19. The molecular formula is C18H21NO2S. The highest BCUT2D eigenvalue weighted by Gasteiger charge is 2.18. The zero-order valence-corrected chi connectivity index (χ0v) is 14.2. The summed E-state index contributed by atoms with van der Waals surface area (Å²) in [6, 6.07) is 15.5. The first-order chi connectivity index (χ1) is 10.4. The second-order valence-corrected chi connectivity index (χ2v) is 7.97. The van der Waals surface area contributed by atoms with Gasteiger partial charge in [-0.25, -0.2) is 4.21 Å². The molecule has 0 amide bonds. The molecular weight excluding hydrogens is 294 g/mol. The van der Waals surface area contributed by atoms with Gasteiger partial charge >= 0.3 is 0 Å². The Morgan fingerprint density at radius 1 is 1.09 bits per heavy atom. The highest BCUT2D eigenvalue weighted by molar-refractivity contribution is 7.85. The Labute approximate surface area is 134 Å². The zero-order chi connectivity index (χ0) is 16.2. The molecule has 22 heavy (non-hydrogen) atoms. The summed E-state index contributed by atoms with van der Waals surface area (Å²) >= 11 is 0. The minimum atomic E-state index is -1.26. The van der Waals surface area contributed by atoms with E-state index in [1.165, 1.54) is 0 Å². The third-order valence-corrected chi connectivity index (χ3v) is 4.35. The molecule has 2 rings (SSSR count). The fourth-order valence-corrected chi connectivity index (χ4v) is 2.26. The van der Waals surface area contributed by atoms with Crippen LogP contribution in [-0.4, -0.2) is 15.2 Å². The van der Waals surface area contributed by atoms with Crippen LogP contribution in [0.4, 0.5) is 0 Å². The highest BCUT2D eigenvalue weighted by Crippen LogP contribution is 2.25. The molecule has 0 unspecified atom stereocenters. The minimum absolute atomic E-state index is 0.355. The second kappa shape index (κ2) is 6.88. The van der Waals surface area contributed by atoms with Gasteiger partial charge in [-0.1, -0.05) is 30.3 Å². The fourth-order valence-electron chi connectivity index (χ4n) is 1.72. The zero-order valence-electron chi connectivity index (χ0n) is 13.4. The summed E-state index contributed by atoms with van der Waals surface area (Å²) in [4.78, 5) is 0. The summed E-state index contributed by atoms with van der Waals surface area (Å²) < 4.78 is 21.6. The number of hydrogen-bond donors (Lipinski definition) is 0. The molecule has 3 nitrogen and oxygen atoms in total. The van der Waals surface area contributed by atoms with Gasteiger partial charge in [0.05, 0.1) is 4.75 Å². The molecule has 0 heterocycles. The fraction of sp³-hybridized carbons (Fsp3) is 0.278. The van der Waals surface area contributed by atoms with Crippen molar-refractivity contribution >= 4 is 17.2 Å². The molecule has 0 radical (unpaired) electrons. The molecule has 0 N–H and O–H groups in total. The topological polar surface area (TPSA) is 38.7 Å². The molecule has 0 aliphatic heterocycles. The predicted molar refractivity (Wildman–Crippen MR) is 93.2 cm³/mol. The normalized spacial score (nSPS) is 13.3. The van der Waals surface area contributed by atoms with Crippen LogP contribution in [0.15, 0.2) is 52.9 Å². The van der Waals surface area contributed by atoms with Crippen LogP contribution in [0.5, 0.6) is 11.5 Å². The van der Waals surface area contributed by atoms with E-state index in [4.69, 9.17) is 4.74 Å². The number of ether oxygens (including phenoxy) is 1. The number of nitrogens with zero attached hydrogens (tertiary/aromatic N) is 1. The third kappa shape index (κ3) is 4.53. The summed E-state index contributed by atoms with van der Waals surface area (Å²) in [5.74, 6) is 1.56. The average molecular weight is 315 g/mol. The first-order valence-electron chi connectivity index (χ1n) is 7.16.